The molecule has 0 amide bonds. The molecule has 1 atom stereocenters. The third kappa shape index (κ3) is 2.38. The Hall–Kier alpha value is -1.39. The van der Waals surface area contributed by atoms with Gasteiger partial charge in [0.25, 0.3) is 0 Å². The first kappa shape index (κ1) is 12.6. The fraction of sp³-hybridized carbons (Fsp3) is 0.400. The van der Waals surface area contributed by atoms with Crippen LogP contribution in [0.15, 0.2) is 24.3 Å². The molecular weight excluding hydrogens is 256 g/mol. The summed E-state index contributed by atoms with van der Waals surface area (Å²) in [5.74, 6) is 0. The predicted molar refractivity (Wildman–Crippen MR) is 79.8 cm³/mol. The largest absolute Gasteiger partial charge is 0.388 e. The lowest BCUT2D eigenvalue weighted by atomic mass is 10.0. The number of hydrogen-bond acceptors (Lipinski definition) is 4. The van der Waals surface area contributed by atoms with Gasteiger partial charge >= 0.3 is 0 Å². The summed E-state index contributed by atoms with van der Waals surface area (Å²) in [6.45, 7) is 0. The average Bonchev–Trinajstić information content (AvgIpc) is 2.84. The monoisotopic (exact) mass is 274 g/mol. The van der Waals surface area contributed by atoms with E-state index in [9.17, 15) is 5.11 Å². The topological polar surface area (TPSA) is 36.4 Å². The van der Waals surface area contributed by atoms with Crippen molar-refractivity contribution in [1.82, 2.24) is 4.98 Å². The van der Waals surface area contributed by atoms with Crippen molar-refractivity contribution in [3.05, 3.63) is 34.8 Å². The number of thiazole rings is 1. The third-order valence-corrected chi connectivity index (χ3v) is 4.78. The second-order valence-corrected chi connectivity index (χ2v) is 6.21. The van der Waals surface area contributed by atoms with Crippen molar-refractivity contribution in [2.75, 3.05) is 19.0 Å². The fourth-order valence-corrected chi connectivity index (χ4v) is 3.57. The second-order valence-electron chi connectivity index (χ2n) is 5.18. The maximum atomic E-state index is 10.0. The Morgan fingerprint density at radius 2 is 2.21 bits per heavy atom. The van der Waals surface area contributed by atoms with E-state index in [2.05, 4.69) is 29.2 Å². The van der Waals surface area contributed by atoms with E-state index in [1.54, 1.807) is 11.3 Å². The Morgan fingerprint density at radius 3 is 2.95 bits per heavy atom. The van der Waals surface area contributed by atoms with E-state index < -0.39 is 0 Å². The number of aryl methyl sites for hydroxylation is 1. The lowest BCUT2D eigenvalue weighted by molar-refractivity contribution is 0.160. The minimum atomic E-state index is -0.313. The normalized spacial score (nSPS) is 18.2. The van der Waals surface area contributed by atoms with E-state index in [0.717, 1.165) is 40.4 Å². The highest BCUT2D eigenvalue weighted by atomic mass is 32.1. The SMILES string of the molecule is CN(C)c1cccc(-c2nc3c(s2)C(O)CCC3)c1. The molecular formula is C15H18N2OS. The van der Waals surface area contributed by atoms with Crippen LogP contribution in [-0.2, 0) is 6.42 Å². The van der Waals surface area contributed by atoms with Gasteiger partial charge in [0.05, 0.1) is 16.7 Å². The van der Waals surface area contributed by atoms with Crippen molar-refractivity contribution in [2.24, 2.45) is 0 Å². The maximum absolute atomic E-state index is 10.0. The first-order valence-corrected chi connectivity index (χ1v) is 7.42. The summed E-state index contributed by atoms with van der Waals surface area (Å²) in [7, 11) is 4.07. The van der Waals surface area contributed by atoms with Gasteiger partial charge in [-0.05, 0) is 31.4 Å². The van der Waals surface area contributed by atoms with Crippen LogP contribution in [0.4, 0.5) is 5.69 Å². The number of benzene rings is 1. The smallest absolute Gasteiger partial charge is 0.124 e. The van der Waals surface area contributed by atoms with Gasteiger partial charge in [0, 0.05) is 25.3 Å². The Bertz CT molecular complexity index is 592. The number of nitrogens with zero attached hydrogens (tertiary/aromatic N) is 2. The Kier molecular flexibility index (Phi) is 3.29. The van der Waals surface area contributed by atoms with Crippen LogP contribution in [0.25, 0.3) is 10.6 Å². The summed E-state index contributed by atoms with van der Waals surface area (Å²) >= 11 is 1.64. The van der Waals surface area contributed by atoms with Gasteiger partial charge < -0.3 is 10.0 Å². The molecule has 2 aromatic rings. The summed E-state index contributed by atoms with van der Waals surface area (Å²) in [5.41, 5.74) is 3.40. The second kappa shape index (κ2) is 4.94. The number of rotatable bonds is 2. The lowest BCUT2D eigenvalue weighted by Crippen LogP contribution is -2.08. The first-order chi connectivity index (χ1) is 9.15. The van der Waals surface area contributed by atoms with Gasteiger partial charge in [-0.3, -0.25) is 0 Å². The van der Waals surface area contributed by atoms with Gasteiger partial charge in [0.15, 0.2) is 0 Å². The number of fused-ring (bicyclic) bond motifs is 1. The van der Waals surface area contributed by atoms with Crippen LogP contribution in [0.5, 0.6) is 0 Å². The summed E-state index contributed by atoms with van der Waals surface area (Å²) in [6, 6.07) is 8.38. The molecule has 0 radical (unpaired) electrons. The Balaban J connectivity index is 2.00. The van der Waals surface area contributed by atoms with Crippen molar-refractivity contribution in [1.29, 1.82) is 0 Å². The number of aliphatic hydroxyl groups is 1. The molecule has 1 heterocycles. The summed E-state index contributed by atoms with van der Waals surface area (Å²) in [5, 5.41) is 11.0. The van der Waals surface area contributed by atoms with Crippen LogP contribution in [-0.4, -0.2) is 24.2 Å². The zero-order valence-electron chi connectivity index (χ0n) is 11.3. The Labute approximate surface area is 117 Å². The highest BCUT2D eigenvalue weighted by molar-refractivity contribution is 7.15. The number of aromatic nitrogens is 1. The predicted octanol–water partition coefficient (Wildman–Crippen LogP) is 3.25. The molecule has 0 saturated heterocycles. The molecule has 0 aliphatic heterocycles. The van der Waals surface area contributed by atoms with E-state index in [1.165, 1.54) is 5.69 Å². The van der Waals surface area contributed by atoms with Crippen molar-refractivity contribution in [2.45, 2.75) is 25.4 Å². The van der Waals surface area contributed by atoms with Gasteiger partial charge in [-0.25, -0.2) is 4.98 Å². The number of hydrogen-bond donors (Lipinski definition) is 1. The average molecular weight is 274 g/mol. The molecule has 19 heavy (non-hydrogen) atoms. The molecule has 1 unspecified atom stereocenters. The summed E-state index contributed by atoms with van der Waals surface area (Å²) in [6.07, 6.45) is 2.59. The van der Waals surface area contributed by atoms with Gasteiger partial charge in [0.1, 0.15) is 5.01 Å². The lowest BCUT2D eigenvalue weighted by Gasteiger charge is -2.14. The molecule has 3 nitrogen and oxygen atoms in total. The van der Waals surface area contributed by atoms with Gasteiger partial charge in [-0.2, -0.15) is 0 Å². The summed E-state index contributed by atoms with van der Waals surface area (Å²) in [4.78, 5) is 7.87. The highest BCUT2D eigenvalue weighted by Crippen LogP contribution is 2.38. The van der Waals surface area contributed by atoms with Crippen LogP contribution in [0.1, 0.15) is 29.5 Å². The molecule has 0 saturated carbocycles. The van der Waals surface area contributed by atoms with Crippen LogP contribution >= 0.6 is 11.3 Å². The molecule has 3 rings (SSSR count). The quantitative estimate of drug-likeness (QED) is 0.913. The van der Waals surface area contributed by atoms with E-state index in [0.29, 0.717) is 0 Å². The van der Waals surface area contributed by atoms with E-state index in [1.807, 2.05) is 14.1 Å². The van der Waals surface area contributed by atoms with E-state index in [4.69, 9.17) is 4.98 Å². The van der Waals surface area contributed by atoms with Crippen molar-refractivity contribution < 1.29 is 5.11 Å². The molecule has 0 fully saturated rings. The van der Waals surface area contributed by atoms with Crippen molar-refractivity contribution in [3.8, 4) is 10.6 Å². The molecule has 1 aliphatic carbocycles. The molecule has 1 aliphatic rings. The zero-order valence-corrected chi connectivity index (χ0v) is 12.1. The molecule has 100 valence electrons. The molecule has 4 heteroatoms. The van der Waals surface area contributed by atoms with Gasteiger partial charge in [0.2, 0.25) is 0 Å². The molecule has 0 spiro atoms. The zero-order chi connectivity index (χ0) is 13.4. The number of aliphatic hydroxyl groups excluding tert-OH is 1. The Morgan fingerprint density at radius 1 is 1.37 bits per heavy atom. The summed E-state index contributed by atoms with van der Waals surface area (Å²) < 4.78 is 0. The highest BCUT2D eigenvalue weighted by Gasteiger charge is 2.23. The van der Waals surface area contributed by atoms with Crippen molar-refractivity contribution >= 4 is 17.0 Å². The van der Waals surface area contributed by atoms with Gasteiger partial charge in [-0.1, -0.05) is 12.1 Å². The van der Waals surface area contributed by atoms with Crippen LogP contribution in [0.3, 0.4) is 0 Å². The number of anilines is 1. The van der Waals surface area contributed by atoms with E-state index in [-0.39, 0.29) is 6.10 Å². The van der Waals surface area contributed by atoms with Crippen LogP contribution < -0.4 is 4.90 Å². The van der Waals surface area contributed by atoms with Crippen LogP contribution in [0, 0.1) is 0 Å². The van der Waals surface area contributed by atoms with E-state index >= 15 is 0 Å². The first-order valence-electron chi connectivity index (χ1n) is 6.60. The molecule has 1 aromatic carbocycles. The third-order valence-electron chi connectivity index (χ3n) is 3.53. The van der Waals surface area contributed by atoms with Gasteiger partial charge in [-0.15, -0.1) is 11.3 Å². The molecule has 1 aromatic heterocycles. The standard InChI is InChI=1S/C15H18N2OS/c1-17(2)11-6-3-5-10(9-11)15-16-12-7-4-8-13(18)14(12)19-15/h3,5-6,9,13,18H,4,7-8H2,1-2H3. The minimum absolute atomic E-state index is 0.313. The molecule has 0 bridgehead atoms. The minimum Gasteiger partial charge on any atom is -0.388 e. The van der Waals surface area contributed by atoms with Crippen molar-refractivity contribution in [3.63, 3.8) is 0 Å². The molecule has 1 N–H and O–H groups in total. The fourth-order valence-electron chi connectivity index (χ4n) is 2.44. The van der Waals surface area contributed by atoms with Crippen LogP contribution in [0.2, 0.25) is 0 Å². The maximum Gasteiger partial charge on any atom is 0.124 e.